The second-order valence-electron chi connectivity index (χ2n) is 6.46. The predicted octanol–water partition coefficient (Wildman–Crippen LogP) is 1.09. The molecule has 0 radical (unpaired) electrons. The summed E-state index contributed by atoms with van der Waals surface area (Å²) in [5.74, 6) is 0.190. The van der Waals surface area contributed by atoms with Gasteiger partial charge in [-0.05, 0) is 12.8 Å². The zero-order valence-electron chi connectivity index (χ0n) is 13.2. The van der Waals surface area contributed by atoms with Crippen LogP contribution in [0.5, 0.6) is 0 Å². The maximum absolute atomic E-state index is 12.9. The Balaban J connectivity index is 1.73. The van der Waals surface area contributed by atoms with Gasteiger partial charge >= 0.3 is 0 Å². The van der Waals surface area contributed by atoms with Crippen LogP contribution in [0.3, 0.4) is 0 Å². The van der Waals surface area contributed by atoms with Gasteiger partial charge in [-0.2, -0.15) is 0 Å². The van der Waals surface area contributed by atoms with Crippen molar-refractivity contribution in [3.63, 3.8) is 0 Å². The molecule has 0 bridgehead atoms. The first kappa shape index (κ1) is 15.5. The number of carbonyl (C=O) groups excluding carboxylic acids is 1. The van der Waals surface area contributed by atoms with E-state index in [9.17, 15) is 4.79 Å². The van der Waals surface area contributed by atoms with Crippen molar-refractivity contribution >= 4 is 5.91 Å². The first-order chi connectivity index (χ1) is 10.8. The standard InChI is InChI=1S/C18H26N2O2/c21-18(19-16-9-5-2-6-10-16)17(15-7-3-1-4-8-15)20-11-13-22-14-12-20/h1,3-4,7-8,16-17H,2,5-6,9-14H2,(H,19,21)/p+1. The molecule has 1 aliphatic heterocycles. The molecule has 2 N–H and O–H groups in total. The van der Waals surface area contributed by atoms with E-state index in [4.69, 9.17) is 4.74 Å². The van der Waals surface area contributed by atoms with Crippen LogP contribution in [0.25, 0.3) is 0 Å². The average molecular weight is 303 g/mol. The van der Waals surface area contributed by atoms with E-state index in [1.807, 2.05) is 18.2 Å². The summed E-state index contributed by atoms with van der Waals surface area (Å²) in [5.41, 5.74) is 1.12. The number of morpholine rings is 1. The molecule has 1 heterocycles. The smallest absolute Gasteiger partial charge is 0.283 e. The van der Waals surface area contributed by atoms with Crippen LogP contribution in [0.1, 0.15) is 43.7 Å². The van der Waals surface area contributed by atoms with Crippen molar-refractivity contribution in [1.29, 1.82) is 0 Å². The van der Waals surface area contributed by atoms with Gasteiger partial charge in [0.2, 0.25) is 0 Å². The maximum Gasteiger partial charge on any atom is 0.283 e. The minimum absolute atomic E-state index is 0.105. The number of carbonyl (C=O) groups is 1. The second-order valence-corrected chi connectivity index (χ2v) is 6.46. The third-order valence-electron chi connectivity index (χ3n) is 4.89. The number of hydrogen-bond donors (Lipinski definition) is 2. The monoisotopic (exact) mass is 303 g/mol. The summed E-state index contributed by atoms with van der Waals surface area (Å²) in [7, 11) is 0. The molecule has 4 nitrogen and oxygen atoms in total. The number of benzene rings is 1. The fourth-order valence-corrected chi connectivity index (χ4v) is 3.67. The number of nitrogens with one attached hydrogen (secondary N) is 2. The predicted molar refractivity (Wildman–Crippen MR) is 85.7 cm³/mol. The molecule has 0 aromatic heterocycles. The quantitative estimate of drug-likeness (QED) is 0.874. The minimum atomic E-state index is -0.105. The van der Waals surface area contributed by atoms with Crippen LogP contribution >= 0.6 is 0 Å². The summed E-state index contributed by atoms with van der Waals surface area (Å²) in [5, 5.41) is 3.31. The highest BCUT2D eigenvalue weighted by atomic mass is 16.5. The highest BCUT2D eigenvalue weighted by molar-refractivity contribution is 5.82. The summed E-state index contributed by atoms with van der Waals surface area (Å²) < 4.78 is 5.46. The van der Waals surface area contributed by atoms with Crippen molar-refractivity contribution in [1.82, 2.24) is 5.32 Å². The van der Waals surface area contributed by atoms with Crippen LogP contribution in [0.15, 0.2) is 30.3 Å². The van der Waals surface area contributed by atoms with Crippen LogP contribution < -0.4 is 10.2 Å². The SMILES string of the molecule is O=C(NC1CCCCC1)C(c1ccccc1)[NH+]1CCOCC1. The van der Waals surface area contributed by atoms with E-state index in [-0.39, 0.29) is 11.9 Å². The molecule has 1 amide bonds. The highest BCUT2D eigenvalue weighted by Gasteiger charge is 2.33. The van der Waals surface area contributed by atoms with Crippen molar-refractivity contribution in [2.75, 3.05) is 26.3 Å². The first-order valence-corrected chi connectivity index (χ1v) is 8.62. The number of quaternary nitrogens is 1. The zero-order valence-corrected chi connectivity index (χ0v) is 13.2. The van der Waals surface area contributed by atoms with Gasteiger partial charge in [-0.1, -0.05) is 49.6 Å². The summed E-state index contributed by atoms with van der Waals surface area (Å²) >= 11 is 0. The average Bonchev–Trinajstić information content (AvgIpc) is 2.58. The van der Waals surface area contributed by atoms with Crippen LogP contribution in [0.2, 0.25) is 0 Å². The van der Waals surface area contributed by atoms with E-state index in [0.29, 0.717) is 6.04 Å². The van der Waals surface area contributed by atoms with Crippen LogP contribution in [-0.4, -0.2) is 38.3 Å². The molecule has 1 atom stereocenters. The molecule has 22 heavy (non-hydrogen) atoms. The fraction of sp³-hybridized carbons (Fsp3) is 0.611. The number of ether oxygens (including phenoxy) is 1. The van der Waals surface area contributed by atoms with Crippen molar-refractivity contribution in [2.24, 2.45) is 0 Å². The van der Waals surface area contributed by atoms with Crippen molar-refractivity contribution in [3.8, 4) is 0 Å². The van der Waals surface area contributed by atoms with Gasteiger partial charge in [0.25, 0.3) is 5.91 Å². The van der Waals surface area contributed by atoms with Crippen molar-refractivity contribution in [3.05, 3.63) is 35.9 Å². The highest BCUT2D eigenvalue weighted by Crippen LogP contribution is 2.18. The second kappa shape index (κ2) is 7.75. The fourth-order valence-electron chi connectivity index (χ4n) is 3.67. The molecule has 1 saturated carbocycles. The van der Waals surface area contributed by atoms with Gasteiger partial charge in [-0.3, -0.25) is 4.79 Å². The van der Waals surface area contributed by atoms with Gasteiger partial charge in [-0.25, -0.2) is 0 Å². The van der Waals surface area contributed by atoms with E-state index in [0.717, 1.165) is 44.7 Å². The molecule has 1 aromatic rings. The molecular formula is C18H27N2O2+. The van der Waals surface area contributed by atoms with Gasteiger partial charge in [0.15, 0.2) is 6.04 Å². The Labute approximate surface area is 132 Å². The molecule has 3 rings (SSSR count). The Hall–Kier alpha value is -1.39. The van der Waals surface area contributed by atoms with Gasteiger partial charge in [-0.15, -0.1) is 0 Å². The van der Waals surface area contributed by atoms with E-state index < -0.39 is 0 Å². The lowest BCUT2D eigenvalue weighted by molar-refractivity contribution is -0.929. The lowest BCUT2D eigenvalue weighted by atomic mass is 9.94. The summed E-state index contributed by atoms with van der Waals surface area (Å²) in [6.07, 6.45) is 6.05. The molecular weight excluding hydrogens is 276 g/mol. The third kappa shape index (κ3) is 3.87. The van der Waals surface area contributed by atoms with Gasteiger partial charge in [0.05, 0.1) is 13.2 Å². The molecule has 1 unspecified atom stereocenters. The van der Waals surface area contributed by atoms with Gasteiger partial charge in [0.1, 0.15) is 13.1 Å². The molecule has 1 aromatic carbocycles. The Morgan fingerprint density at radius 2 is 1.77 bits per heavy atom. The van der Waals surface area contributed by atoms with E-state index in [2.05, 4.69) is 17.4 Å². The molecule has 1 saturated heterocycles. The van der Waals surface area contributed by atoms with Crippen LogP contribution in [-0.2, 0) is 9.53 Å². The van der Waals surface area contributed by atoms with E-state index >= 15 is 0 Å². The van der Waals surface area contributed by atoms with E-state index in [1.54, 1.807) is 0 Å². The molecule has 0 spiro atoms. The van der Waals surface area contributed by atoms with Crippen LogP contribution in [0.4, 0.5) is 0 Å². The Kier molecular flexibility index (Phi) is 5.46. The first-order valence-electron chi connectivity index (χ1n) is 8.62. The number of amides is 1. The lowest BCUT2D eigenvalue weighted by Crippen LogP contribution is -3.15. The Bertz CT molecular complexity index is 465. The largest absolute Gasteiger partial charge is 0.370 e. The number of rotatable bonds is 4. The molecule has 1 aliphatic carbocycles. The molecule has 4 heteroatoms. The lowest BCUT2D eigenvalue weighted by Gasteiger charge is -2.32. The topological polar surface area (TPSA) is 42.8 Å². The van der Waals surface area contributed by atoms with Gasteiger partial charge < -0.3 is 15.0 Å². The Morgan fingerprint density at radius 1 is 1.09 bits per heavy atom. The van der Waals surface area contributed by atoms with Crippen molar-refractivity contribution < 1.29 is 14.4 Å². The van der Waals surface area contributed by atoms with Gasteiger partial charge in [0, 0.05) is 11.6 Å². The van der Waals surface area contributed by atoms with Crippen LogP contribution in [0, 0.1) is 0 Å². The maximum atomic E-state index is 12.9. The zero-order chi connectivity index (χ0) is 15.2. The molecule has 2 fully saturated rings. The summed E-state index contributed by atoms with van der Waals surface area (Å²) in [6.45, 7) is 3.29. The number of hydrogen-bond acceptors (Lipinski definition) is 2. The normalized spacial score (nSPS) is 22.2. The van der Waals surface area contributed by atoms with Crippen molar-refractivity contribution in [2.45, 2.75) is 44.2 Å². The third-order valence-corrected chi connectivity index (χ3v) is 4.89. The molecule has 120 valence electrons. The minimum Gasteiger partial charge on any atom is -0.370 e. The molecule has 2 aliphatic rings. The van der Waals surface area contributed by atoms with E-state index in [1.165, 1.54) is 24.2 Å². The Morgan fingerprint density at radius 3 is 2.45 bits per heavy atom. The summed E-state index contributed by atoms with van der Waals surface area (Å²) in [6, 6.07) is 10.5. The summed E-state index contributed by atoms with van der Waals surface area (Å²) in [4.78, 5) is 14.3.